The first-order valence-corrected chi connectivity index (χ1v) is 5.69. The molecule has 0 N–H and O–H groups in total. The number of rotatable bonds is 6. The Balaban J connectivity index is 3.51. The molecule has 0 saturated carbocycles. The van der Waals surface area contributed by atoms with E-state index in [-0.39, 0.29) is 0 Å². The molecule has 0 aliphatic rings. The van der Waals surface area contributed by atoms with Crippen molar-refractivity contribution in [3.63, 3.8) is 0 Å². The van der Waals surface area contributed by atoms with Gasteiger partial charge in [0.2, 0.25) is 0 Å². The summed E-state index contributed by atoms with van der Waals surface area (Å²) in [6.07, 6.45) is 5.10. The Hall–Kier alpha value is 0.290. The van der Waals surface area contributed by atoms with Gasteiger partial charge in [-0.05, 0) is 24.7 Å². The molecule has 0 radical (unpaired) electrons. The van der Waals surface area contributed by atoms with Gasteiger partial charge in [-0.3, -0.25) is 0 Å². The van der Waals surface area contributed by atoms with Gasteiger partial charge in [0, 0.05) is 5.38 Å². The molecule has 0 saturated heterocycles. The maximum atomic E-state index is 6.17. The minimum Gasteiger partial charge on any atom is -0.123 e. The maximum Gasteiger partial charge on any atom is 0.0359 e. The average Bonchev–Trinajstić information content (AvgIpc) is 2.05. The van der Waals surface area contributed by atoms with E-state index in [0.29, 0.717) is 11.3 Å². The van der Waals surface area contributed by atoms with Crippen LogP contribution in [0.3, 0.4) is 0 Å². The Morgan fingerprint density at radius 3 is 1.83 bits per heavy atom. The largest absolute Gasteiger partial charge is 0.123 e. The molecule has 0 aliphatic heterocycles. The van der Waals surface area contributed by atoms with E-state index in [0.717, 1.165) is 5.92 Å². The molecule has 1 heteroatoms. The number of alkyl halides is 1. The van der Waals surface area contributed by atoms with Crippen LogP contribution in [0, 0.1) is 11.8 Å². The fourth-order valence-corrected chi connectivity index (χ4v) is 1.55. The molecule has 0 aromatic heterocycles. The fraction of sp³-hybridized carbons (Fsp3) is 1.00. The number of halogens is 1. The summed E-state index contributed by atoms with van der Waals surface area (Å²) in [7, 11) is 0. The predicted octanol–water partition coefficient (Wildman–Crippen LogP) is 4.47. The van der Waals surface area contributed by atoms with Crippen molar-refractivity contribution in [2.45, 2.75) is 58.8 Å². The number of hydrogen-bond acceptors (Lipinski definition) is 0. The van der Waals surface area contributed by atoms with Gasteiger partial charge in [-0.1, -0.05) is 40.5 Å². The molecule has 0 aromatic rings. The average molecular weight is 191 g/mol. The molecular formula is C11H23Cl. The Labute approximate surface area is 82.7 Å². The normalized spacial score (nSPS) is 14.2. The van der Waals surface area contributed by atoms with E-state index >= 15 is 0 Å². The van der Waals surface area contributed by atoms with E-state index in [4.69, 9.17) is 11.6 Å². The van der Waals surface area contributed by atoms with Gasteiger partial charge in [-0.15, -0.1) is 11.6 Å². The molecule has 0 amide bonds. The third kappa shape index (κ3) is 5.03. The van der Waals surface area contributed by atoms with E-state index in [9.17, 15) is 0 Å². The molecule has 0 aliphatic carbocycles. The highest BCUT2D eigenvalue weighted by Gasteiger charge is 2.11. The monoisotopic (exact) mass is 190 g/mol. The summed E-state index contributed by atoms with van der Waals surface area (Å²) in [5, 5.41) is 0.380. The van der Waals surface area contributed by atoms with Gasteiger partial charge in [-0.2, -0.15) is 0 Å². The van der Waals surface area contributed by atoms with Crippen LogP contribution in [0.4, 0.5) is 0 Å². The van der Waals surface area contributed by atoms with Crippen LogP contribution < -0.4 is 0 Å². The van der Waals surface area contributed by atoms with E-state index < -0.39 is 0 Å². The van der Waals surface area contributed by atoms with Gasteiger partial charge in [0.15, 0.2) is 0 Å². The first kappa shape index (κ1) is 12.3. The Morgan fingerprint density at radius 2 is 1.50 bits per heavy atom. The maximum absolute atomic E-state index is 6.17. The summed E-state index contributed by atoms with van der Waals surface area (Å²) >= 11 is 6.17. The van der Waals surface area contributed by atoms with Crippen molar-refractivity contribution in [1.29, 1.82) is 0 Å². The van der Waals surface area contributed by atoms with Crippen LogP contribution in [-0.2, 0) is 0 Å². The summed E-state index contributed by atoms with van der Waals surface area (Å²) in [5.41, 5.74) is 0. The molecule has 0 nitrogen and oxygen atoms in total. The smallest absolute Gasteiger partial charge is 0.0359 e. The predicted molar refractivity (Wildman–Crippen MR) is 57.8 cm³/mol. The van der Waals surface area contributed by atoms with E-state index in [2.05, 4.69) is 27.7 Å². The van der Waals surface area contributed by atoms with Crippen LogP contribution >= 0.6 is 11.6 Å². The van der Waals surface area contributed by atoms with Crippen LogP contribution in [0.1, 0.15) is 53.4 Å². The Kier molecular flexibility index (Phi) is 6.93. The molecule has 74 valence electrons. The van der Waals surface area contributed by atoms with E-state index in [1.165, 1.54) is 25.7 Å². The standard InChI is InChI=1S/C11H23Cl/c1-5-10(6-2)7-8-11(12)9(3)4/h9-11H,5-8H2,1-4H3. The zero-order valence-corrected chi connectivity index (χ0v) is 9.69. The summed E-state index contributed by atoms with van der Waals surface area (Å²) < 4.78 is 0. The van der Waals surface area contributed by atoms with Gasteiger partial charge in [0.05, 0.1) is 0 Å². The molecule has 0 spiro atoms. The van der Waals surface area contributed by atoms with Gasteiger partial charge in [-0.25, -0.2) is 0 Å². The SMILES string of the molecule is CCC(CC)CCC(Cl)C(C)C. The van der Waals surface area contributed by atoms with Crippen LogP contribution in [0.2, 0.25) is 0 Å². The van der Waals surface area contributed by atoms with Gasteiger partial charge >= 0.3 is 0 Å². The van der Waals surface area contributed by atoms with Gasteiger partial charge < -0.3 is 0 Å². The third-order valence-corrected chi connectivity index (χ3v) is 3.45. The molecule has 12 heavy (non-hydrogen) atoms. The summed E-state index contributed by atoms with van der Waals surface area (Å²) in [6, 6.07) is 0. The molecule has 1 atom stereocenters. The highest BCUT2D eigenvalue weighted by atomic mass is 35.5. The molecule has 0 aromatic carbocycles. The summed E-state index contributed by atoms with van der Waals surface area (Å²) in [4.78, 5) is 0. The van der Waals surface area contributed by atoms with Crippen molar-refractivity contribution in [2.75, 3.05) is 0 Å². The Bertz CT molecular complexity index is 93.2. The molecule has 0 fully saturated rings. The summed E-state index contributed by atoms with van der Waals surface area (Å²) in [6.45, 7) is 8.94. The first-order valence-electron chi connectivity index (χ1n) is 5.25. The van der Waals surface area contributed by atoms with Crippen LogP contribution in [0.5, 0.6) is 0 Å². The topological polar surface area (TPSA) is 0 Å². The lowest BCUT2D eigenvalue weighted by Crippen LogP contribution is -2.10. The molecule has 0 rings (SSSR count). The fourth-order valence-electron chi connectivity index (χ4n) is 1.43. The zero-order chi connectivity index (χ0) is 9.56. The first-order chi connectivity index (χ1) is 5.61. The molecular weight excluding hydrogens is 168 g/mol. The molecule has 0 bridgehead atoms. The summed E-state index contributed by atoms with van der Waals surface area (Å²) in [5.74, 6) is 1.52. The lowest BCUT2D eigenvalue weighted by molar-refractivity contribution is 0.415. The minimum absolute atomic E-state index is 0.380. The number of hydrogen-bond donors (Lipinski definition) is 0. The third-order valence-electron chi connectivity index (χ3n) is 2.73. The van der Waals surface area contributed by atoms with Crippen molar-refractivity contribution in [3.05, 3.63) is 0 Å². The lowest BCUT2D eigenvalue weighted by atomic mass is 9.94. The van der Waals surface area contributed by atoms with Crippen molar-refractivity contribution < 1.29 is 0 Å². The Morgan fingerprint density at radius 1 is 1.00 bits per heavy atom. The van der Waals surface area contributed by atoms with Crippen molar-refractivity contribution >= 4 is 11.6 Å². The second-order valence-electron chi connectivity index (χ2n) is 4.02. The van der Waals surface area contributed by atoms with Crippen molar-refractivity contribution in [1.82, 2.24) is 0 Å². The van der Waals surface area contributed by atoms with Gasteiger partial charge in [0.25, 0.3) is 0 Å². The quantitative estimate of drug-likeness (QED) is 0.543. The van der Waals surface area contributed by atoms with E-state index in [1.807, 2.05) is 0 Å². The van der Waals surface area contributed by atoms with Gasteiger partial charge in [0.1, 0.15) is 0 Å². The van der Waals surface area contributed by atoms with Crippen LogP contribution in [0.25, 0.3) is 0 Å². The zero-order valence-electron chi connectivity index (χ0n) is 8.94. The second kappa shape index (κ2) is 6.77. The molecule has 0 heterocycles. The van der Waals surface area contributed by atoms with Crippen molar-refractivity contribution in [2.24, 2.45) is 11.8 Å². The van der Waals surface area contributed by atoms with Crippen LogP contribution in [0.15, 0.2) is 0 Å². The highest BCUT2D eigenvalue weighted by Crippen LogP contribution is 2.21. The second-order valence-corrected chi connectivity index (χ2v) is 4.58. The minimum atomic E-state index is 0.380. The van der Waals surface area contributed by atoms with Crippen molar-refractivity contribution in [3.8, 4) is 0 Å². The lowest BCUT2D eigenvalue weighted by Gasteiger charge is -2.17. The highest BCUT2D eigenvalue weighted by molar-refractivity contribution is 6.20. The molecule has 1 unspecified atom stereocenters. The van der Waals surface area contributed by atoms with E-state index in [1.54, 1.807) is 0 Å². The van der Waals surface area contributed by atoms with Crippen LogP contribution in [-0.4, -0.2) is 5.38 Å².